The van der Waals surface area contributed by atoms with E-state index in [0.717, 1.165) is 19.3 Å². The number of rotatable bonds is 10. The summed E-state index contributed by atoms with van der Waals surface area (Å²) in [4.78, 5) is 31.8. The van der Waals surface area contributed by atoms with Crippen LogP contribution in [0.5, 0.6) is 5.88 Å². The van der Waals surface area contributed by atoms with Crippen LogP contribution in [-0.4, -0.2) is 92.8 Å². The van der Waals surface area contributed by atoms with Crippen LogP contribution in [-0.2, 0) is 14.8 Å². The lowest BCUT2D eigenvalue weighted by atomic mass is 9.93. The highest BCUT2D eigenvalue weighted by Gasteiger charge is 2.43. The highest BCUT2D eigenvalue weighted by atomic mass is 35.5. The van der Waals surface area contributed by atoms with Gasteiger partial charge in [-0.3, -0.25) is 4.79 Å². The zero-order valence-corrected chi connectivity index (χ0v) is 30.3. The van der Waals surface area contributed by atoms with Crippen molar-refractivity contribution in [2.75, 3.05) is 19.7 Å². The zero-order valence-electron chi connectivity index (χ0n) is 28.7. The van der Waals surface area contributed by atoms with Gasteiger partial charge in [-0.05, 0) is 83.0 Å². The lowest BCUT2D eigenvalue weighted by Gasteiger charge is -2.33. The quantitative estimate of drug-likeness (QED) is 0.268. The van der Waals surface area contributed by atoms with E-state index in [1.54, 1.807) is 28.8 Å². The molecule has 13 nitrogen and oxygen atoms in total. The minimum Gasteiger partial charge on any atom is -0.476 e. The van der Waals surface area contributed by atoms with Gasteiger partial charge in [0.15, 0.2) is 18.6 Å². The third-order valence-electron chi connectivity index (χ3n) is 7.68. The summed E-state index contributed by atoms with van der Waals surface area (Å²) in [5, 5.41) is 7.44. The van der Waals surface area contributed by atoms with Crippen molar-refractivity contribution in [3.63, 3.8) is 0 Å². The highest BCUT2D eigenvalue weighted by Crippen LogP contribution is 2.36. The van der Waals surface area contributed by atoms with Crippen LogP contribution in [0.2, 0.25) is 5.15 Å². The van der Waals surface area contributed by atoms with Crippen molar-refractivity contribution in [3.05, 3.63) is 35.1 Å². The third-order valence-corrected chi connectivity index (χ3v) is 9.57. The third kappa shape index (κ3) is 9.53. The molecule has 0 aliphatic carbocycles. The number of hydrogen-bond acceptors (Lipinski definition) is 9. The molecule has 15 heteroatoms. The summed E-state index contributed by atoms with van der Waals surface area (Å²) in [6.07, 6.45) is 5.25. The van der Waals surface area contributed by atoms with E-state index in [-0.39, 0.29) is 33.7 Å². The van der Waals surface area contributed by atoms with Gasteiger partial charge in [0.2, 0.25) is 11.1 Å². The number of carbonyl (C=O) groups excluding carboxylic acids is 2. The van der Waals surface area contributed by atoms with Crippen molar-refractivity contribution >= 4 is 45.6 Å². The molecule has 4 rings (SSSR count). The number of aromatic nitrogens is 3. The Hall–Kier alpha value is -3.52. The molecule has 4 heterocycles. The fourth-order valence-corrected chi connectivity index (χ4v) is 7.05. The fraction of sp³-hybridized carbons (Fsp3) is 0.625. The monoisotopic (exact) mass is 692 g/mol. The Kier molecular flexibility index (Phi) is 10.5. The number of ether oxygens (including phenoxy) is 2. The summed E-state index contributed by atoms with van der Waals surface area (Å²) in [7, 11) is -4.18. The van der Waals surface area contributed by atoms with E-state index in [0.29, 0.717) is 37.1 Å². The van der Waals surface area contributed by atoms with Crippen molar-refractivity contribution in [1.29, 1.82) is 0 Å². The number of amides is 2. The molecule has 2 unspecified atom stereocenters. The van der Waals surface area contributed by atoms with Gasteiger partial charge < -0.3 is 14.4 Å². The SMILES string of the molecule is CC1=N[N+](CCCC2CN(C(=O)OC(C)(C)C)C(C)(C)C2)=CC1S(=O)(=O)NC(=O)c1ccc(-n2ccc(OCC(C)(C)C)n2)nc1Cl. The summed E-state index contributed by atoms with van der Waals surface area (Å²) in [6, 6.07) is 4.60. The Morgan fingerprint density at radius 3 is 2.49 bits per heavy atom. The van der Waals surface area contributed by atoms with E-state index in [2.05, 4.69) is 19.9 Å². The largest absolute Gasteiger partial charge is 0.476 e. The molecule has 0 spiro atoms. The van der Waals surface area contributed by atoms with E-state index < -0.39 is 26.8 Å². The Morgan fingerprint density at radius 2 is 1.85 bits per heavy atom. The molecule has 1 N–H and O–H groups in total. The van der Waals surface area contributed by atoms with Crippen LogP contribution < -0.4 is 9.46 Å². The van der Waals surface area contributed by atoms with Crippen LogP contribution in [0, 0.1) is 11.3 Å². The average Bonchev–Trinajstić information content (AvgIpc) is 3.62. The maximum atomic E-state index is 13.2. The first-order valence-corrected chi connectivity index (χ1v) is 17.6. The maximum Gasteiger partial charge on any atom is 0.410 e. The molecule has 0 aromatic carbocycles. The number of hydrazone groups is 1. The molecule has 2 aromatic rings. The van der Waals surface area contributed by atoms with Gasteiger partial charge in [0, 0.05) is 30.8 Å². The van der Waals surface area contributed by atoms with Gasteiger partial charge in [-0.25, -0.2) is 27.6 Å². The van der Waals surface area contributed by atoms with Crippen LogP contribution in [0.25, 0.3) is 5.82 Å². The van der Waals surface area contributed by atoms with Gasteiger partial charge in [-0.2, -0.15) is 0 Å². The summed E-state index contributed by atoms with van der Waals surface area (Å²) in [5.74, 6) is 0.131. The molecular weight excluding hydrogens is 646 g/mol. The van der Waals surface area contributed by atoms with E-state index in [9.17, 15) is 18.0 Å². The topological polar surface area (TPSA) is 148 Å². The van der Waals surface area contributed by atoms with Crippen LogP contribution in [0.3, 0.4) is 0 Å². The second-order valence-corrected chi connectivity index (χ2v) is 17.2. The predicted octanol–water partition coefficient (Wildman–Crippen LogP) is 5.06. The Balaban J connectivity index is 1.33. The second kappa shape index (κ2) is 13.5. The molecule has 0 bridgehead atoms. The van der Waals surface area contributed by atoms with Crippen molar-refractivity contribution in [2.24, 2.45) is 16.4 Å². The molecule has 0 radical (unpaired) electrons. The van der Waals surface area contributed by atoms with Gasteiger partial charge in [-0.1, -0.05) is 37.1 Å². The number of sulfonamides is 1. The lowest BCUT2D eigenvalue weighted by Crippen LogP contribution is -2.45. The number of hydrogen-bond donors (Lipinski definition) is 1. The minimum absolute atomic E-state index is 0.0406. The lowest BCUT2D eigenvalue weighted by molar-refractivity contribution is -0.526. The van der Waals surface area contributed by atoms with Crippen LogP contribution >= 0.6 is 11.6 Å². The summed E-state index contributed by atoms with van der Waals surface area (Å²) < 4.78 is 43.0. The summed E-state index contributed by atoms with van der Waals surface area (Å²) in [6.45, 7) is 19.0. The number of carbonyl (C=O) groups is 2. The number of nitrogens with zero attached hydrogens (tertiary/aromatic N) is 6. The molecular formula is C32H47ClN7O6S+. The molecule has 47 heavy (non-hydrogen) atoms. The molecule has 2 atom stereocenters. The molecule has 2 aliphatic rings. The van der Waals surface area contributed by atoms with Crippen molar-refractivity contribution in [1.82, 2.24) is 24.4 Å². The van der Waals surface area contributed by atoms with Gasteiger partial charge in [0.1, 0.15) is 16.5 Å². The summed E-state index contributed by atoms with van der Waals surface area (Å²) in [5.41, 5.74) is -0.683. The zero-order chi connectivity index (χ0) is 34.9. The molecule has 2 aliphatic heterocycles. The van der Waals surface area contributed by atoms with E-state index >= 15 is 0 Å². The van der Waals surface area contributed by atoms with E-state index in [1.165, 1.54) is 23.0 Å². The van der Waals surface area contributed by atoms with Crippen LogP contribution in [0.4, 0.5) is 4.79 Å². The first-order chi connectivity index (χ1) is 21.6. The van der Waals surface area contributed by atoms with Crippen molar-refractivity contribution in [2.45, 2.75) is 98.0 Å². The molecule has 2 amide bonds. The number of halogens is 1. The van der Waals surface area contributed by atoms with Crippen LogP contribution in [0.15, 0.2) is 29.5 Å². The average molecular weight is 693 g/mol. The number of pyridine rings is 1. The number of likely N-dealkylation sites (tertiary alicyclic amines) is 1. The van der Waals surface area contributed by atoms with Gasteiger partial charge in [0.05, 0.1) is 12.2 Å². The van der Waals surface area contributed by atoms with Crippen LogP contribution in [0.1, 0.15) is 91.9 Å². The van der Waals surface area contributed by atoms with Crippen molar-refractivity contribution in [3.8, 4) is 11.7 Å². The Bertz CT molecular complexity index is 1670. The van der Waals surface area contributed by atoms with Gasteiger partial charge in [0.25, 0.3) is 15.9 Å². The maximum absolute atomic E-state index is 13.2. The normalized spacial score (nSPS) is 19.7. The smallest absolute Gasteiger partial charge is 0.410 e. The first kappa shape index (κ1) is 36.3. The molecule has 1 saturated heterocycles. The first-order valence-electron chi connectivity index (χ1n) is 15.7. The van der Waals surface area contributed by atoms with Crippen molar-refractivity contribution < 1.29 is 32.2 Å². The van der Waals surface area contributed by atoms with E-state index in [1.807, 2.05) is 55.4 Å². The standard InChI is InChI=1S/C32H46ClN7O6S/c1-21-24(19-38(35-21)15-10-11-22-17-32(8,9)39(18-22)29(42)46-31(5,6)7)47(43,44)37-28(41)23-12-13-25(34-27(23)33)40-16-14-26(36-40)45-20-30(2,3)4/h12-14,16,19,22,24H,10-11,15,17-18,20H2,1-9H3/p+1. The molecule has 2 aromatic heterocycles. The van der Waals surface area contributed by atoms with Gasteiger partial charge in [-0.15, -0.1) is 5.10 Å². The molecule has 1 fully saturated rings. The molecule has 0 saturated carbocycles. The predicted molar refractivity (Wildman–Crippen MR) is 180 cm³/mol. The summed E-state index contributed by atoms with van der Waals surface area (Å²) >= 11 is 6.32. The second-order valence-electron chi connectivity index (χ2n) is 15.0. The Labute approximate surface area is 282 Å². The number of nitrogens with one attached hydrogen (secondary N) is 1. The minimum atomic E-state index is -4.18. The van der Waals surface area contributed by atoms with E-state index in [4.69, 9.17) is 21.1 Å². The molecule has 258 valence electrons. The fourth-order valence-electron chi connectivity index (χ4n) is 5.52. The Morgan fingerprint density at radius 1 is 1.15 bits per heavy atom. The highest BCUT2D eigenvalue weighted by molar-refractivity contribution is 7.92. The van der Waals surface area contributed by atoms with Gasteiger partial charge >= 0.3 is 6.09 Å².